The second-order valence-corrected chi connectivity index (χ2v) is 6.80. The van der Waals surface area contributed by atoms with Gasteiger partial charge in [0.05, 0.1) is 6.61 Å². The number of rotatable bonds is 7. The molecule has 1 aromatic carbocycles. The number of aryl methyl sites for hydroxylation is 1. The molecular weight excluding hydrogens is 351 g/mol. The number of nitrogens with zero attached hydrogens (tertiary/aromatic N) is 2. The van der Waals surface area contributed by atoms with Gasteiger partial charge in [0.1, 0.15) is 5.82 Å². The molecule has 0 amide bonds. The Labute approximate surface area is 162 Å². The van der Waals surface area contributed by atoms with Crippen LogP contribution in [-0.4, -0.2) is 36.1 Å². The average Bonchev–Trinajstić information content (AvgIpc) is 2.62. The fourth-order valence-electron chi connectivity index (χ4n) is 3.32. The molecule has 0 bridgehead atoms. The maximum absolute atomic E-state index is 13.1. The van der Waals surface area contributed by atoms with Crippen LogP contribution in [-0.2, 0) is 0 Å². The molecule has 0 radical (unpaired) electrons. The summed E-state index contributed by atoms with van der Waals surface area (Å²) in [5.41, 5.74) is 2.89. The summed E-state index contributed by atoms with van der Waals surface area (Å²) in [5.74, 6) is 0.428. The maximum atomic E-state index is 13.1. The predicted molar refractivity (Wildman–Crippen MR) is 107 cm³/mol. The molecule has 1 aliphatic heterocycles. The molecule has 5 heteroatoms. The van der Waals surface area contributed by atoms with Crippen LogP contribution in [0.1, 0.15) is 37.8 Å². The SMILES string of the molecule is Cc1cc(-c2ccc(F)cc2)cc(OCCCCN2CCCCC2)n1.Cl. The van der Waals surface area contributed by atoms with E-state index in [2.05, 4.69) is 9.88 Å². The van der Waals surface area contributed by atoms with E-state index in [9.17, 15) is 4.39 Å². The molecule has 0 unspecified atom stereocenters. The van der Waals surface area contributed by atoms with Gasteiger partial charge >= 0.3 is 0 Å². The van der Waals surface area contributed by atoms with Crippen LogP contribution in [0.15, 0.2) is 36.4 Å². The molecule has 3 rings (SSSR count). The van der Waals surface area contributed by atoms with Gasteiger partial charge in [-0.3, -0.25) is 0 Å². The van der Waals surface area contributed by atoms with Gasteiger partial charge in [-0.15, -0.1) is 12.4 Å². The molecule has 2 aromatic rings. The number of unbranched alkanes of at least 4 members (excludes halogenated alkanes) is 1. The van der Waals surface area contributed by atoms with Crippen LogP contribution in [0.3, 0.4) is 0 Å². The van der Waals surface area contributed by atoms with Crippen LogP contribution in [0.5, 0.6) is 5.88 Å². The fraction of sp³-hybridized carbons (Fsp3) is 0.476. The van der Waals surface area contributed by atoms with E-state index in [0.29, 0.717) is 12.5 Å². The predicted octanol–water partition coefficient (Wildman–Crippen LogP) is 5.26. The molecular formula is C21H28ClFN2O. The lowest BCUT2D eigenvalue weighted by Crippen LogP contribution is -2.30. The highest BCUT2D eigenvalue weighted by atomic mass is 35.5. The minimum absolute atomic E-state index is 0. The van der Waals surface area contributed by atoms with E-state index in [-0.39, 0.29) is 18.2 Å². The van der Waals surface area contributed by atoms with E-state index < -0.39 is 0 Å². The van der Waals surface area contributed by atoms with Crippen molar-refractivity contribution in [1.82, 2.24) is 9.88 Å². The van der Waals surface area contributed by atoms with Crippen molar-refractivity contribution in [2.75, 3.05) is 26.2 Å². The Morgan fingerprint density at radius 1 is 1.00 bits per heavy atom. The normalized spacial score (nSPS) is 14.7. The highest BCUT2D eigenvalue weighted by Gasteiger charge is 2.09. The second kappa shape index (κ2) is 10.5. The summed E-state index contributed by atoms with van der Waals surface area (Å²) in [4.78, 5) is 7.01. The highest BCUT2D eigenvalue weighted by molar-refractivity contribution is 5.85. The van der Waals surface area contributed by atoms with E-state index in [1.54, 1.807) is 12.1 Å². The molecule has 1 aromatic heterocycles. The van der Waals surface area contributed by atoms with Crippen molar-refractivity contribution < 1.29 is 9.13 Å². The summed E-state index contributed by atoms with van der Waals surface area (Å²) in [6.45, 7) is 6.32. The smallest absolute Gasteiger partial charge is 0.214 e. The topological polar surface area (TPSA) is 25.4 Å². The number of likely N-dealkylation sites (tertiary alicyclic amines) is 1. The van der Waals surface area contributed by atoms with Gasteiger partial charge in [-0.2, -0.15) is 0 Å². The summed E-state index contributed by atoms with van der Waals surface area (Å²) < 4.78 is 19.0. The van der Waals surface area contributed by atoms with Crippen LogP contribution in [0.4, 0.5) is 4.39 Å². The molecule has 26 heavy (non-hydrogen) atoms. The first-order valence-corrected chi connectivity index (χ1v) is 9.30. The molecule has 0 aliphatic carbocycles. The Kier molecular flexibility index (Phi) is 8.33. The number of hydrogen-bond acceptors (Lipinski definition) is 3. The van der Waals surface area contributed by atoms with Crippen LogP contribution in [0.2, 0.25) is 0 Å². The average molecular weight is 379 g/mol. The first-order chi connectivity index (χ1) is 12.2. The molecule has 3 nitrogen and oxygen atoms in total. The monoisotopic (exact) mass is 378 g/mol. The number of benzene rings is 1. The Balaban J connectivity index is 0.00000243. The number of ether oxygens (including phenoxy) is 1. The van der Waals surface area contributed by atoms with Crippen molar-refractivity contribution in [2.24, 2.45) is 0 Å². The quantitative estimate of drug-likeness (QED) is 0.614. The zero-order valence-electron chi connectivity index (χ0n) is 15.4. The van der Waals surface area contributed by atoms with Crippen LogP contribution >= 0.6 is 12.4 Å². The summed E-state index contributed by atoms with van der Waals surface area (Å²) >= 11 is 0. The zero-order chi connectivity index (χ0) is 17.5. The van der Waals surface area contributed by atoms with Crippen LogP contribution < -0.4 is 4.74 Å². The molecule has 1 saturated heterocycles. The molecule has 0 spiro atoms. The molecule has 0 saturated carbocycles. The summed E-state index contributed by atoms with van der Waals surface area (Å²) in [6.07, 6.45) is 6.27. The van der Waals surface area contributed by atoms with Crippen LogP contribution in [0, 0.1) is 12.7 Å². The first-order valence-electron chi connectivity index (χ1n) is 9.30. The Morgan fingerprint density at radius 3 is 2.46 bits per heavy atom. The minimum atomic E-state index is -0.222. The van der Waals surface area contributed by atoms with Gasteiger partial charge in [-0.1, -0.05) is 18.6 Å². The van der Waals surface area contributed by atoms with Gasteiger partial charge < -0.3 is 9.64 Å². The minimum Gasteiger partial charge on any atom is -0.478 e. The number of aromatic nitrogens is 1. The van der Waals surface area contributed by atoms with Crippen molar-refractivity contribution in [3.63, 3.8) is 0 Å². The van der Waals surface area contributed by atoms with E-state index >= 15 is 0 Å². The van der Waals surface area contributed by atoms with Crippen molar-refractivity contribution in [3.05, 3.63) is 47.9 Å². The van der Waals surface area contributed by atoms with Gasteiger partial charge in [-0.05, 0) is 81.6 Å². The van der Waals surface area contributed by atoms with Gasteiger partial charge in [0.15, 0.2) is 0 Å². The van der Waals surface area contributed by atoms with Gasteiger partial charge in [0, 0.05) is 11.8 Å². The molecule has 142 valence electrons. The van der Waals surface area contributed by atoms with Crippen molar-refractivity contribution in [2.45, 2.75) is 39.0 Å². The molecule has 1 aliphatic rings. The molecule has 2 heterocycles. The highest BCUT2D eigenvalue weighted by Crippen LogP contribution is 2.24. The Hall–Kier alpha value is -1.65. The zero-order valence-corrected chi connectivity index (χ0v) is 16.2. The molecule has 0 atom stereocenters. The van der Waals surface area contributed by atoms with Gasteiger partial charge in [0.25, 0.3) is 0 Å². The number of pyridine rings is 1. The maximum Gasteiger partial charge on any atom is 0.214 e. The third-order valence-corrected chi connectivity index (χ3v) is 4.67. The van der Waals surface area contributed by atoms with E-state index in [0.717, 1.165) is 29.7 Å². The number of hydrogen-bond donors (Lipinski definition) is 0. The lowest BCUT2D eigenvalue weighted by atomic mass is 10.1. The molecule has 1 fully saturated rings. The van der Waals surface area contributed by atoms with Gasteiger partial charge in [-0.25, -0.2) is 9.37 Å². The first kappa shape index (κ1) is 20.7. The fourth-order valence-corrected chi connectivity index (χ4v) is 3.32. The lowest BCUT2D eigenvalue weighted by molar-refractivity contribution is 0.215. The number of halogens is 2. The second-order valence-electron chi connectivity index (χ2n) is 6.80. The Morgan fingerprint density at radius 2 is 1.73 bits per heavy atom. The lowest BCUT2D eigenvalue weighted by Gasteiger charge is -2.26. The summed E-state index contributed by atoms with van der Waals surface area (Å²) in [7, 11) is 0. The van der Waals surface area contributed by atoms with E-state index in [4.69, 9.17) is 4.74 Å². The Bertz CT molecular complexity index is 672. The van der Waals surface area contributed by atoms with Crippen molar-refractivity contribution >= 4 is 12.4 Å². The standard InChI is InChI=1S/C21H27FN2O.ClH/c1-17-15-19(18-7-9-20(22)10-8-18)16-21(23-17)25-14-6-5-13-24-11-3-2-4-12-24;/h7-10,15-16H,2-6,11-14H2,1H3;1H. The number of piperidine rings is 1. The van der Waals surface area contributed by atoms with Gasteiger partial charge in [0.2, 0.25) is 5.88 Å². The van der Waals surface area contributed by atoms with Crippen molar-refractivity contribution in [3.8, 4) is 17.0 Å². The van der Waals surface area contributed by atoms with E-state index in [1.165, 1.54) is 51.0 Å². The summed E-state index contributed by atoms with van der Waals surface area (Å²) in [6, 6.07) is 10.5. The van der Waals surface area contributed by atoms with E-state index in [1.807, 2.05) is 19.1 Å². The largest absolute Gasteiger partial charge is 0.478 e. The molecule has 0 N–H and O–H groups in total. The van der Waals surface area contributed by atoms with Crippen molar-refractivity contribution in [1.29, 1.82) is 0 Å². The third-order valence-electron chi connectivity index (χ3n) is 4.67. The third kappa shape index (κ3) is 6.26. The summed E-state index contributed by atoms with van der Waals surface area (Å²) in [5, 5.41) is 0. The van der Waals surface area contributed by atoms with Crippen LogP contribution in [0.25, 0.3) is 11.1 Å².